The quantitative estimate of drug-likeness (QED) is 0.653. The Kier molecular flexibility index (Phi) is 2.06. The number of hydrogen-bond acceptors (Lipinski definition) is 2. The molecule has 3 aliphatic rings. The first kappa shape index (κ1) is 8.81. The van der Waals surface area contributed by atoms with Crippen molar-refractivity contribution < 1.29 is 0 Å². The summed E-state index contributed by atoms with van der Waals surface area (Å²) >= 11 is 6.26. The van der Waals surface area contributed by atoms with E-state index < -0.39 is 0 Å². The molecule has 2 atom stereocenters. The zero-order valence-electron chi connectivity index (χ0n) is 8.17. The fourth-order valence-electron chi connectivity index (χ4n) is 2.93. The molecule has 3 rings (SSSR count). The second kappa shape index (κ2) is 3.28. The third-order valence-corrected chi connectivity index (χ3v) is 3.80. The van der Waals surface area contributed by atoms with Crippen molar-refractivity contribution >= 4 is 11.6 Å². The summed E-state index contributed by atoms with van der Waals surface area (Å²) in [7, 11) is 0. The van der Waals surface area contributed by atoms with Crippen LogP contribution < -0.4 is 5.32 Å². The van der Waals surface area contributed by atoms with Crippen LogP contribution in [0.4, 0.5) is 0 Å². The van der Waals surface area contributed by atoms with E-state index in [1.165, 1.54) is 25.2 Å². The molecule has 2 bridgehead atoms. The summed E-state index contributed by atoms with van der Waals surface area (Å²) in [5.41, 5.74) is 1.39. The average Bonchev–Trinajstić information content (AvgIpc) is 2.17. The zero-order valence-corrected chi connectivity index (χ0v) is 8.93. The van der Waals surface area contributed by atoms with Gasteiger partial charge in [0.25, 0.3) is 0 Å². The molecule has 2 nitrogen and oxygen atoms in total. The first-order valence-corrected chi connectivity index (χ1v) is 5.74. The summed E-state index contributed by atoms with van der Waals surface area (Å²) in [6, 6.07) is 0. The second-order valence-electron chi connectivity index (χ2n) is 4.50. The fourth-order valence-corrected chi connectivity index (χ4v) is 3.30. The minimum atomic E-state index is 0.653. The maximum absolute atomic E-state index is 6.26. The highest BCUT2D eigenvalue weighted by atomic mass is 35.5. The van der Waals surface area contributed by atoms with Gasteiger partial charge in [0.15, 0.2) is 0 Å². The standard InChI is InChI=1S/C11H15ClN2/c12-10-2-1-3-14-7-8-4-9(11(10)14)6-13-5-8/h1-2,8-9,13H,3-7H2. The van der Waals surface area contributed by atoms with Crippen molar-refractivity contribution in [2.24, 2.45) is 11.8 Å². The van der Waals surface area contributed by atoms with E-state index in [0.29, 0.717) is 5.92 Å². The van der Waals surface area contributed by atoms with Gasteiger partial charge < -0.3 is 10.2 Å². The normalized spacial score (nSPS) is 35.9. The van der Waals surface area contributed by atoms with Gasteiger partial charge in [-0.1, -0.05) is 17.7 Å². The lowest BCUT2D eigenvalue weighted by Gasteiger charge is -2.45. The molecule has 3 heteroatoms. The number of rotatable bonds is 0. The summed E-state index contributed by atoms with van der Waals surface area (Å²) in [5.74, 6) is 1.48. The molecule has 2 unspecified atom stereocenters. The van der Waals surface area contributed by atoms with E-state index in [9.17, 15) is 0 Å². The van der Waals surface area contributed by atoms with Gasteiger partial charge in [-0.3, -0.25) is 0 Å². The lowest BCUT2D eigenvalue weighted by atomic mass is 9.82. The van der Waals surface area contributed by atoms with Gasteiger partial charge in [-0.15, -0.1) is 0 Å². The minimum Gasteiger partial charge on any atom is -0.369 e. The number of allylic oxidation sites excluding steroid dienone is 2. The van der Waals surface area contributed by atoms with Crippen LogP contribution in [0.25, 0.3) is 0 Å². The van der Waals surface area contributed by atoms with Gasteiger partial charge in [0.2, 0.25) is 0 Å². The first-order valence-electron chi connectivity index (χ1n) is 5.36. The highest BCUT2D eigenvalue weighted by Gasteiger charge is 2.35. The molecular formula is C11H15ClN2. The topological polar surface area (TPSA) is 15.3 Å². The van der Waals surface area contributed by atoms with Crippen LogP contribution in [0.15, 0.2) is 22.9 Å². The van der Waals surface area contributed by atoms with Gasteiger partial charge >= 0.3 is 0 Å². The van der Waals surface area contributed by atoms with Crippen LogP contribution in [0, 0.1) is 11.8 Å². The fraction of sp³-hybridized carbons (Fsp3) is 0.636. The molecule has 0 aromatic carbocycles. The minimum absolute atomic E-state index is 0.653. The van der Waals surface area contributed by atoms with Crippen molar-refractivity contribution in [3.63, 3.8) is 0 Å². The summed E-state index contributed by atoms with van der Waals surface area (Å²) in [5, 5.41) is 4.46. The molecule has 3 aliphatic heterocycles. The molecule has 2 fully saturated rings. The van der Waals surface area contributed by atoms with Gasteiger partial charge in [0.1, 0.15) is 0 Å². The van der Waals surface area contributed by atoms with Gasteiger partial charge in [-0.05, 0) is 25.0 Å². The van der Waals surface area contributed by atoms with Gasteiger partial charge in [-0.25, -0.2) is 0 Å². The Labute approximate surface area is 89.6 Å². The summed E-state index contributed by atoms with van der Waals surface area (Å²) in [6.45, 7) is 4.52. The largest absolute Gasteiger partial charge is 0.369 e. The van der Waals surface area contributed by atoms with Crippen LogP contribution in [0.3, 0.4) is 0 Å². The molecule has 0 saturated carbocycles. The van der Waals surface area contributed by atoms with E-state index in [-0.39, 0.29) is 0 Å². The Morgan fingerprint density at radius 3 is 3.29 bits per heavy atom. The molecule has 0 amide bonds. The Morgan fingerprint density at radius 1 is 1.43 bits per heavy atom. The SMILES string of the molecule is ClC1=C2C3CNCC(C3)CN2CC=C1. The highest BCUT2D eigenvalue weighted by molar-refractivity contribution is 6.31. The molecule has 0 aromatic rings. The first-order chi connectivity index (χ1) is 6.84. The predicted octanol–water partition coefficient (Wildman–Crippen LogP) is 1.55. The third kappa shape index (κ3) is 1.29. The number of nitrogens with one attached hydrogen (secondary N) is 1. The summed E-state index contributed by atoms with van der Waals surface area (Å²) in [4.78, 5) is 2.46. The summed E-state index contributed by atoms with van der Waals surface area (Å²) < 4.78 is 0. The number of fused-ring (bicyclic) bond motifs is 4. The molecule has 14 heavy (non-hydrogen) atoms. The van der Waals surface area contributed by atoms with Crippen LogP contribution in [-0.2, 0) is 0 Å². The van der Waals surface area contributed by atoms with Crippen molar-refractivity contribution in [2.45, 2.75) is 6.42 Å². The van der Waals surface area contributed by atoms with Gasteiger partial charge in [0.05, 0.1) is 5.03 Å². The van der Waals surface area contributed by atoms with Crippen molar-refractivity contribution in [1.29, 1.82) is 0 Å². The van der Waals surface area contributed by atoms with Crippen LogP contribution in [0.2, 0.25) is 0 Å². The molecule has 0 spiro atoms. The molecule has 76 valence electrons. The molecule has 2 saturated heterocycles. The lowest BCUT2D eigenvalue weighted by Crippen LogP contribution is -2.50. The van der Waals surface area contributed by atoms with E-state index in [2.05, 4.69) is 22.4 Å². The molecule has 0 aliphatic carbocycles. The monoisotopic (exact) mass is 210 g/mol. The molecule has 0 radical (unpaired) electrons. The molecular weight excluding hydrogens is 196 g/mol. The van der Waals surface area contributed by atoms with Crippen molar-refractivity contribution in [3.8, 4) is 0 Å². The van der Waals surface area contributed by atoms with E-state index >= 15 is 0 Å². The Hall–Kier alpha value is -0.470. The zero-order chi connectivity index (χ0) is 9.54. The maximum Gasteiger partial charge on any atom is 0.0598 e. The van der Waals surface area contributed by atoms with Gasteiger partial charge in [-0.2, -0.15) is 0 Å². The Balaban J connectivity index is 1.96. The van der Waals surface area contributed by atoms with E-state index in [1.807, 2.05) is 0 Å². The smallest absolute Gasteiger partial charge is 0.0598 e. The van der Waals surface area contributed by atoms with Gasteiger partial charge in [0, 0.05) is 31.2 Å². The summed E-state index contributed by atoms with van der Waals surface area (Å²) in [6.07, 6.45) is 5.55. The van der Waals surface area contributed by atoms with Crippen LogP contribution >= 0.6 is 11.6 Å². The molecule has 1 N–H and O–H groups in total. The van der Waals surface area contributed by atoms with E-state index in [4.69, 9.17) is 11.6 Å². The van der Waals surface area contributed by atoms with Crippen LogP contribution in [0.1, 0.15) is 6.42 Å². The lowest BCUT2D eigenvalue weighted by molar-refractivity contribution is 0.156. The van der Waals surface area contributed by atoms with E-state index in [0.717, 1.165) is 24.0 Å². The van der Waals surface area contributed by atoms with Crippen molar-refractivity contribution in [1.82, 2.24) is 10.2 Å². The Morgan fingerprint density at radius 2 is 2.36 bits per heavy atom. The highest BCUT2D eigenvalue weighted by Crippen LogP contribution is 2.37. The van der Waals surface area contributed by atoms with Crippen LogP contribution in [-0.4, -0.2) is 31.1 Å². The third-order valence-electron chi connectivity index (χ3n) is 3.48. The molecule has 3 heterocycles. The Bertz CT molecular complexity index is 308. The van der Waals surface area contributed by atoms with Crippen LogP contribution in [0.5, 0.6) is 0 Å². The molecule has 0 aromatic heterocycles. The predicted molar refractivity (Wildman–Crippen MR) is 58.1 cm³/mol. The number of hydrogen-bond donors (Lipinski definition) is 1. The second-order valence-corrected chi connectivity index (χ2v) is 4.90. The number of nitrogens with zero attached hydrogens (tertiary/aromatic N) is 1. The number of piperidine rings is 2. The average molecular weight is 211 g/mol. The van der Waals surface area contributed by atoms with E-state index in [1.54, 1.807) is 0 Å². The number of halogens is 1. The van der Waals surface area contributed by atoms with Crippen molar-refractivity contribution in [3.05, 3.63) is 22.9 Å². The van der Waals surface area contributed by atoms with Crippen molar-refractivity contribution in [2.75, 3.05) is 26.2 Å². The maximum atomic E-state index is 6.26.